The van der Waals surface area contributed by atoms with Gasteiger partial charge in [0, 0.05) is 31.2 Å². The number of likely N-dealkylation sites (tertiary alicyclic amines) is 1. The largest absolute Gasteiger partial charge is 0.384 e. The summed E-state index contributed by atoms with van der Waals surface area (Å²) in [4.78, 5) is 25.4. The van der Waals surface area contributed by atoms with Crippen molar-refractivity contribution >= 4 is 11.7 Å². The Hall–Kier alpha value is -2.54. The summed E-state index contributed by atoms with van der Waals surface area (Å²) in [6.07, 6.45) is 4.02. The molecule has 7 heteroatoms. The first-order valence-electron chi connectivity index (χ1n) is 9.73. The highest BCUT2D eigenvalue weighted by atomic mass is 19.1. The maximum Gasteiger partial charge on any atom is 0.225 e. The normalized spacial score (nSPS) is 17.9. The third-order valence-corrected chi connectivity index (χ3v) is 5.39. The smallest absolute Gasteiger partial charge is 0.225 e. The van der Waals surface area contributed by atoms with E-state index < -0.39 is 0 Å². The van der Waals surface area contributed by atoms with Gasteiger partial charge in [0.1, 0.15) is 17.5 Å². The Kier molecular flexibility index (Phi) is 6.57. The number of hydrogen-bond acceptors (Lipinski definition) is 5. The van der Waals surface area contributed by atoms with Crippen LogP contribution < -0.4 is 5.73 Å². The molecule has 1 aromatic heterocycles. The Labute approximate surface area is 165 Å². The summed E-state index contributed by atoms with van der Waals surface area (Å²) in [6, 6.07) is 8.54. The Balaban J connectivity index is 1.48. The van der Waals surface area contributed by atoms with Crippen LogP contribution in [0.5, 0.6) is 0 Å². The van der Waals surface area contributed by atoms with Gasteiger partial charge in [-0.25, -0.2) is 14.4 Å². The molecular formula is C21H28FN5O. The summed E-state index contributed by atoms with van der Waals surface area (Å²) in [5, 5.41) is 0. The quantitative estimate of drug-likeness (QED) is 0.793. The Morgan fingerprint density at radius 1 is 1.43 bits per heavy atom. The lowest BCUT2D eigenvalue weighted by Gasteiger charge is -2.25. The van der Waals surface area contributed by atoms with Gasteiger partial charge in [0.15, 0.2) is 0 Å². The van der Waals surface area contributed by atoms with E-state index in [0.717, 1.165) is 24.9 Å². The molecule has 150 valence electrons. The van der Waals surface area contributed by atoms with Crippen LogP contribution in [0, 0.1) is 11.7 Å². The van der Waals surface area contributed by atoms with Crippen molar-refractivity contribution < 1.29 is 9.18 Å². The predicted octanol–water partition coefficient (Wildman–Crippen LogP) is 2.50. The minimum atomic E-state index is -0.231. The lowest BCUT2D eigenvalue weighted by Crippen LogP contribution is -2.38. The topological polar surface area (TPSA) is 75.4 Å². The Morgan fingerprint density at radius 3 is 3.00 bits per heavy atom. The first-order chi connectivity index (χ1) is 13.4. The average Bonchev–Trinajstić information content (AvgIpc) is 3.16. The van der Waals surface area contributed by atoms with Crippen LogP contribution in [0.1, 0.15) is 31.2 Å². The molecule has 1 aliphatic rings. The maximum absolute atomic E-state index is 13.3. The van der Waals surface area contributed by atoms with Gasteiger partial charge in [-0.05, 0) is 50.1 Å². The number of nitrogen functional groups attached to an aromatic ring is 1. The van der Waals surface area contributed by atoms with Crippen LogP contribution in [-0.4, -0.2) is 51.9 Å². The molecule has 0 bridgehead atoms. The summed E-state index contributed by atoms with van der Waals surface area (Å²) in [5.41, 5.74) is 6.65. The number of carbonyl (C=O) groups is 1. The van der Waals surface area contributed by atoms with Crippen molar-refractivity contribution in [2.75, 3.05) is 25.9 Å². The zero-order valence-corrected chi connectivity index (χ0v) is 16.5. The van der Waals surface area contributed by atoms with Gasteiger partial charge in [-0.15, -0.1) is 0 Å². The van der Waals surface area contributed by atoms with Gasteiger partial charge in [0.25, 0.3) is 0 Å². The first-order valence-corrected chi connectivity index (χ1v) is 9.73. The van der Waals surface area contributed by atoms with Gasteiger partial charge in [-0.1, -0.05) is 19.1 Å². The lowest BCUT2D eigenvalue weighted by molar-refractivity contribution is -0.134. The number of rotatable bonds is 7. The molecule has 0 saturated carbocycles. The fourth-order valence-electron chi connectivity index (χ4n) is 3.66. The van der Waals surface area contributed by atoms with Gasteiger partial charge in [0.2, 0.25) is 5.91 Å². The van der Waals surface area contributed by atoms with E-state index in [1.165, 1.54) is 12.1 Å². The molecule has 2 N–H and O–H groups in total. The monoisotopic (exact) mass is 385 g/mol. The van der Waals surface area contributed by atoms with Gasteiger partial charge in [-0.3, -0.25) is 9.69 Å². The number of nitrogens with zero attached hydrogens (tertiary/aromatic N) is 4. The van der Waals surface area contributed by atoms with Crippen molar-refractivity contribution in [3.8, 4) is 0 Å². The number of aromatic nitrogens is 2. The van der Waals surface area contributed by atoms with Crippen LogP contribution in [0.2, 0.25) is 0 Å². The Morgan fingerprint density at radius 2 is 2.25 bits per heavy atom. The highest BCUT2D eigenvalue weighted by molar-refractivity contribution is 5.78. The Bertz CT molecular complexity index is 815. The molecule has 1 saturated heterocycles. The van der Waals surface area contributed by atoms with E-state index in [0.29, 0.717) is 31.2 Å². The molecule has 28 heavy (non-hydrogen) atoms. The third kappa shape index (κ3) is 5.25. The van der Waals surface area contributed by atoms with E-state index in [1.54, 1.807) is 18.3 Å². The summed E-state index contributed by atoms with van der Waals surface area (Å²) in [5.74, 6) is 1.02. The number of anilines is 1. The number of amides is 1. The molecule has 1 aliphatic heterocycles. The minimum Gasteiger partial charge on any atom is -0.384 e. The van der Waals surface area contributed by atoms with Crippen molar-refractivity contribution in [2.45, 2.75) is 38.8 Å². The van der Waals surface area contributed by atoms with Crippen molar-refractivity contribution in [3.63, 3.8) is 0 Å². The van der Waals surface area contributed by atoms with Crippen molar-refractivity contribution in [3.05, 3.63) is 53.7 Å². The number of aryl methyl sites for hydroxylation is 1. The second-order valence-electron chi connectivity index (χ2n) is 7.61. The van der Waals surface area contributed by atoms with Crippen LogP contribution in [0.3, 0.4) is 0 Å². The molecule has 0 aliphatic carbocycles. The lowest BCUT2D eigenvalue weighted by atomic mass is 10.00. The number of benzene rings is 1. The summed E-state index contributed by atoms with van der Waals surface area (Å²) < 4.78 is 13.3. The number of halogens is 1. The third-order valence-electron chi connectivity index (χ3n) is 5.39. The van der Waals surface area contributed by atoms with Crippen molar-refractivity contribution in [1.82, 2.24) is 19.8 Å². The molecular weight excluding hydrogens is 357 g/mol. The van der Waals surface area contributed by atoms with Gasteiger partial charge < -0.3 is 10.6 Å². The molecule has 3 rings (SSSR count). The van der Waals surface area contributed by atoms with Crippen LogP contribution in [0.4, 0.5) is 10.2 Å². The standard InChI is InChI=1S/C21H28FN5O/c1-15(6-7-16-4-3-5-17(22)12-16)21(28)27-11-9-18(13-27)26(2)14-20-24-10-8-19(23)25-20/h3-5,8,10,12,15,18H,6-7,9,11,13-14H2,1-2H3,(H2,23,24,25). The van der Waals surface area contributed by atoms with Crippen LogP contribution in [-0.2, 0) is 17.8 Å². The molecule has 1 aromatic carbocycles. The zero-order chi connectivity index (χ0) is 20.1. The molecule has 6 nitrogen and oxygen atoms in total. The van der Waals surface area contributed by atoms with Crippen molar-refractivity contribution in [1.29, 1.82) is 0 Å². The van der Waals surface area contributed by atoms with E-state index in [2.05, 4.69) is 14.9 Å². The second kappa shape index (κ2) is 9.10. The van der Waals surface area contributed by atoms with Crippen LogP contribution in [0.25, 0.3) is 0 Å². The molecule has 2 unspecified atom stereocenters. The molecule has 2 heterocycles. The highest BCUT2D eigenvalue weighted by Crippen LogP contribution is 2.20. The molecule has 0 radical (unpaired) electrons. The molecule has 2 atom stereocenters. The molecule has 1 amide bonds. The highest BCUT2D eigenvalue weighted by Gasteiger charge is 2.31. The molecule has 1 fully saturated rings. The van der Waals surface area contributed by atoms with Crippen molar-refractivity contribution in [2.24, 2.45) is 5.92 Å². The van der Waals surface area contributed by atoms with E-state index in [-0.39, 0.29) is 23.7 Å². The molecule has 0 spiro atoms. The minimum absolute atomic E-state index is 0.0791. The summed E-state index contributed by atoms with van der Waals surface area (Å²) in [6.45, 7) is 4.03. The van der Waals surface area contributed by atoms with E-state index >= 15 is 0 Å². The van der Waals surface area contributed by atoms with Gasteiger partial charge in [0.05, 0.1) is 6.54 Å². The summed E-state index contributed by atoms with van der Waals surface area (Å²) in [7, 11) is 2.03. The van der Waals surface area contributed by atoms with Crippen LogP contribution >= 0.6 is 0 Å². The average molecular weight is 385 g/mol. The summed E-state index contributed by atoms with van der Waals surface area (Å²) >= 11 is 0. The predicted molar refractivity (Wildman–Crippen MR) is 107 cm³/mol. The SMILES string of the molecule is CC(CCc1cccc(F)c1)C(=O)N1CCC(N(C)Cc2nccc(N)n2)C1. The fraction of sp³-hybridized carbons (Fsp3) is 0.476. The number of carbonyl (C=O) groups excluding carboxylic acids is 1. The molecule has 2 aromatic rings. The number of nitrogens with two attached hydrogens (primary N) is 1. The van der Waals surface area contributed by atoms with E-state index in [9.17, 15) is 9.18 Å². The number of likely N-dealkylation sites (N-methyl/N-ethyl adjacent to an activating group) is 1. The van der Waals surface area contributed by atoms with Gasteiger partial charge in [-0.2, -0.15) is 0 Å². The first kappa shape index (κ1) is 20.2. The van der Waals surface area contributed by atoms with E-state index in [4.69, 9.17) is 5.73 Å². The van der Waals surface area contributed by atoms with Crippen LogP contribution in [0.15, 0.2) is 36.5 Å². The van der Waals surface area contributed by atoms with Gasteiger partial charge >= 0.3 is 0 Å². The maximum atomic E-state index is 13.3. The fourth-order valence-corrected chi connectivity index (χ4v) is 3.66. The zero-order valence-electron chi connectivity index (χ0n) is 16.5. The second-order valence-corrected chi connectivity index (χ2v) is 7.61. The number of hydrogen-bond donors (Lipinski definition) is 1. The van der Waals surface area contributed by atoms with E-state index in [1.807, 2.05) is 24.9 Å².